The van der Waals surface area contributed by atoms with E-state index >= 15 is 0 Å². The van der Waals surface area contributed by atoms with E-state index in [9.17, 15) is 4.79 Å². The Morgan fingerprint density at radius 2 is 1.81 bits per heavy atom. The summed E-state index contributed by atoms with van der Waals surface area (Å²) in [5.41, 5.74) is 3.05. The lowest BCUT2D eigenvalue weighted by atomic mass is 10.1. The van der Waals surface area contributed by atoms with E-state index in [0.29, 0.717) is 6.54 Å². The van der Waals surface area contributed by atoms with Gasteiger partial charge in [0, 0.05) is 12.2 Å². The minimum Gasteiger partial charge on any atom is -0.357 e. The number of hydrogen-bond donors (Lipinski definition) is 2. The van der Waals surface area contributed by atoms with Crippen molar-refractivity contribution in [3.63, 3.8) is 0 Å². The lowest BCUT2D eigenvalue weighted by Gasteiger charge is -2.06. The molecule has 132 valence electrons. The van der Waals surface area contributed by atoms with Gasteiger partial charge in [0.1, 0.15) is 0 Å². The van der Waals surface area contributed by atoms with Crippen LogP contribution in [0.2, 0.25) is 0 Å². The molecule has 0 aliphatic heterocycles. The molecular weight excluding hydrogens is 364 g/mol. The SMILES string of the molecule is C=CCNc1nnc(SCC(=O)Nc2ccc(-c3ccccc3)cc2)s1. The number of nitrogens with zero attached hydrogens (tertiary/aromatic N) is 2. The van der Waals surface area contributed by atoms with Crippen molar-refractivity contribution < 1.29 is 4.79 Å². The van der Waals surface area contributed by atoms with Gasteiger partial charge in [0.2, 0.25) is 11.0 Å². The molecule has 2 N–H and O–H groups in total. The summed E-state index contributed by atoms with van der Waals surface area (Å²) < 4.78 is 0.756. The van der Waals surface area contributed by atoms with Gasteiger partial charge in [-0.05, 0) is 23.3 Å². The minimum atomic E-state index is -0.0711. The van der Waals surface area contributed by atoms with Gasteiger partial charge in [0.15, 0.2) is 4.34 Å². The maximum Gasteiger partial charge on any atom is 0.234 e. The van der Waals surface area contributed by atoms with Crippen LogP contribution in [0.25, 0.3) is 11.1 Å². The molecule has 7 heteroatoms. The van der Waals surface area contributed by atoms with Gasteiger partial charge < -0.3 is 10.6 Å². The molecule has 0 saturated carbocycles. The zero-order chi connectivity index (χ0) is 18.2. The number of benzene rings is 2. The molecule has 1 amide bonds. The van der Waals surface area contributed by atoms with Crippen LogP contribution in [0, 0.1) is 0 Å². The largest absolute Gasteiger partial charge is 0.357 e. The van der Waals surface area contributed by atoms with E-state index in [0.717, 1.165) is 26.3 Å². The second-order valence-electron chi connectivity index (χ2n) is 5.32. The van der Waals surface area contributed by atoms with Crippen molar-refractivity contribution >= 4 is 39.8 Å². The molecule has 0 saturated heterocycles. The molecule has 0 bridgehead atoms. The van der Waals surface area contributed by atoms with E-state index in [1.54, 1.807) is 6.08 Å². The highest BCUT2D eigenvalue weighted by molar-refractivity contribution is 8.01. The summed E-state index contributed by atoms with van der Waals surface area (Å²) in [7, 11) is 0. The zero-order valence-corrected chi connectivity index (χ0v) is 15.6. The monoisotopic (exact) mass is 382 g/mol. The number of carbonyl (C=O) groups excluding carboxylic acids is 1. The lowest BCUT2D eigenvalue weighted by Crippen LogP contribution is -2.13. The molecular formula is C19H18N4OS2. The van der Waals surface area contributed by atoms with Crippen LogP contribution in [-0.2, 0) is 4.79 Å². The first-order chi connectivity index (χ1) is 12.7. The van der Waals surface area contributed by atoms with Crippen molar-refractivity contribution in [2.75, 3.05) is 22.9 Å². The average Bonchev–Trinajstić information content (AvgIpc) is 3.14. The van der Waals surface area contributed by atoms with Crippen LogP contribution in [0.1, 0.15) is 0 Å². The molecule has 1 heterocycles. The van der Waals surface area contributed by atoms with Gasteiger partial charge in [-0.1, -0.05) is 71.6 Å². The number of nitrogens with one attached hydrogen (secondary N) is 2. The molecule has 3 rings (SSSR count). The fourth-order valence-corrected chi connectivity index (χ4v) is 3.76. The second-order valence-corrected chi connectivity index (χ2v) is 7.52. The molecule has 1 aromatic heterocycles. The fraction of sp³-hybridized carbons (Fsp3) is 0.105. The molecule has 0 aliphatic carbocycles. The quantitative estimate of drug-likeness (QED) is 0.442. The normalized spacial score (nSPS) is 10.3. The molecule has 0 unspecified atom stereocenters. The number of thioether (sulfide) groups is 1. The Bertz CT molecular complexity index is 863. The molecule has 0 fully saturated rings. The molecule has 0 atom stereocenters. The highest BCUT2D eigenvalue weighted by Crippen LogP contribution is 2.26. The van der Waals surface area contributed by atoms with Gasteiger partial charge in [-0.3, -0.25) is 4.79 Å². The number of hydrogen-bond acceptors (Lipinski definition) is 6. The van der Waals surface area contributed by atoms with E-state index in [2.05, 4.69) is 39.5 Å². The van der Waals surface area contributed by atoms with Crippen LogP contribution in [0.4, 0.5) is 10.8 Å². The van der Waals surface area contributed by atoms with E-state index in [-0.39, 0.29) is 11.7 Å². The van der Waals surface area contributed by atoms with Crippen LogP contribution in [0.3, 0.4) is 0 Å². The van der Waals surface area contributed by atoms with Gasteiger partial charge in [0.05, 0.1) is 5.75 Å². The van der Waals surface area contributed by atoms with Crippen molar-refractivity contribution in [2.24, 2.45) is 0 Å². The number of carbonyl (C=O) groups is 1. The standard InChI is InChI=1S/C19H18N4OS2/c1-2-12-20-18-22-23-19(26-18)25-13-17(24)21-16-10-8-15(9-11-16)14-6-4-3-5-7-14/h2-11H,1,12-13H2,(H,20,22)(H,21,24). The maximum absolute atomic E-state index is 12.1. The lowest BCUT2D eigenvalue weighted by molar-refractivity contribution is -0.113. The molecule has 3 aromatic rings. The van der Waals surface area contributed by atoms with Crippen LogP contribution in [-0.4, -0.2) is 28.4 Å². The third-order valence-corrected chi connectivity index (χ3v) is 5.42. The predicted molar refractivity (Wildman–Crippen MR) is 110 cm³/mol. The van der Waals surface area contributed by atoms with Gasteiger partial charge in [-0.2, -0.15) is 0 Å². The number of aromatic nitrogens is 2. The van der Waals surface area contributed by atoms with Crippen molar-refractivity contribution in [2.45, 2.75) is 4.34 Å². The highest BCUT2D eigenvalue weighted by Gasteiger charge is 2.08. The summed E-state index contributed by atoms with van der Waals surface area (Å²) in [5.74, 6) is 0.217. The number of rotatable bonds is 8. The van der Waals surface area contributed by atoms with Gasteiger partial charge in [-0.25, -0.2) is 0 Å². The number of anilines is 2. The second kappa shape index (κ2) is 9.17. The molecule has 2 aromatic carbocycles. The van der Waals surface area contributed by atoms with Crippen molar-refractivity contribution in [1.29, 1.82) is 0 Å². The highest BCUT2D eigenvalue weighted by atomic mass is 32.2. The zero-order valence-electron chi connectivity index (χ0n) is 14.0. The first-order valence-electron chi connectivity index (χ1n) is 8.01. The summed E-state index contributed by atoms with van der Waals surface area (Å²) >= 11 is 2.79. The Hall–Kier alpha value is -2.64. The Morgan fingerprint density at radius 1 is 1.08 bits per heavy atom. The van der Waals surface area contributed by atoms with E-state index in [1.165, 1.54) is 23.1 Å². The number of amides is 1. The first-order valence-corrected chi connectivity index (χ1v) is 9.81. The summed E-state index contributed by atoms with van der Waals surface area (Å²) in [6.07, 6.45) is 1.75. The summed E-state index contributed by atoms with van der Waals surface area (Å²) in [5, 5.41) is 14.8. The van der Waals surface area contributed by atoms with E-state index < -0.39 is 0 Å². The van der Waals surface area contributed by atoms with Gasteiger partial charge in [0.25, 0.3) is 0 Å². The van der Waals surface area contributed by atoms with Crippen LogP contribution < -0.4 is 10.6 Å². The average molecular weight is 383 g/mol. The molecule has 26 heavy (non-hydrogen) atoms. The van der Waals surface area contributed by atoms with Crippen LogP contribution in [0.15, 0.2) is 71.6 Å². The Balaban J connectivity index is 1.50. The Labute approximate surface area is 160 Å². The van der Waals surface area contributed by atoms with Crippen molar-refractivity contribution in [1.82, 2.24) is 10.2 Å². The molecule has 5 nitrogen and oxygen atoms in total. The van der Waals surface area contributed by atoms with Crippen LogP contribution >= 0.6 is 23.1 Å². The first kappa shape index (κ1) is 18.2. The summed E-state index contributed by atoms with van der Waals surface area (Å²) in [6, 6.07) is 17.9. The van der Waals surface area contributed by atoms with Gasteiger partial charge in [-0.15, -0.1) is 16.8 Å². The maximum atomic E-state index is 12.1. The Kier molecular flexibility index (Phi) is 6.40. The summed E-state index contributed by atoms with van der Waals surface area (Å²) in [4.78, 5) is 12.1. The molecule has 0 radical (unpaired) electrons. The smallest absolute Gasteiger partial charge is 0.234 e. The van der Waals surface area contributed by atoms with Gasteiger partial charge >= 0.3 is 0 Å². The minimum absolute atomic E-state index is 0.0711. The molecule has 0 spiro atoms. The third-order valence-electron chi connectivity index (χ3n) is 3.41. The third kappa shape index (κ3) is 5.18. The van der Waals surface area contributed by atoms with Crippen LogP contribution in [0.5, 0.6) is 0 Å². The topological polar surface area (TPSA) is 66.9 Å². The van der Waals surface area contributed by atoms with E-state index in [4.69, 9.17) is 0 Å². The summed E-state index contributed by atoms with van der Waals surface area (Å²) in [6.45, 7) is 4.28. The molecule has 0 aliphatic rings. The Morgan fingerprint density at radius 3 is 2.54 bits per heavy atom. The van der Waals surface area contributed by atoms with E-state index in [1.807, 2.05) is 42.5 Å². The van der Waals surface area contributed by atoms with Crippen molar-refractivity contribution in [3.8, 4) is 11.1 Å². The fourth-order valence-electron chi connectivity index (χ4n) is 2.20. The van der Waals surface area contributed by atoms with Crippen molar-refractivity contribution in [3.05, 3.63) is 67.3 Å². The predicted octanol–water partition coefficient (Wildman–Crippen LogP) is 4.53.